The number of benzene rings is 1. The van der Waals surface area contributed by atoms with E-state index in [2.05, 4.69) is 37.3 Å². The molecule has 0 bridgehead atoms. The number of rotatable bonds is 7. The molecule has 2 rings (SSSR count). The van der Waals surface area contributed by atoms with Gasteiger partial charge in [0.1, 0.15) is 0 Å². The summed E-state index contributed by atoms with van der Waals surface area (Å²) in [5.41, 5.74) is 1.16. The highest BCUT2D eigenvalue weighted by molar-refractivity contribution is 7.89. The minimum Gasteiger partial charge on any atom is -0.340 e. The van der Waals surface area contributed by atoms with E-state index in [1.165, 1.54) is 0 Å². The highest BCUT2D eigenvalue weighted by Crippen LogP contribution is 2.28. The monoisotopic (exact) mass is 409 g/mol. The van der Waals surface area contributed by atoms with E-state index < -0.39 is 10.0 Å². The molecule has 1 aliphatic rings. The van der Waals surface area contributed by atoms with E-state index >= 15 is 0 Å². The molecule has 1 saturated heterocycles. The van der Waals surface area contributed by atoms with Crippen molar-refractivity contribution in [2.24, 2.45) is 11.3 Å². The molecular formula is C21H35N3O3S. The molecule has 1 heterocycles. The van der Waals surface area contributed by atoms with Gasteiger partial charge in [0, 0.05) is 45.7 Å². The van der Waals surface area contributed by atoms with Crippen molar-refractivity contribution >= 4 is 15.9 Å². The molecule has 0 aliphatic carbocycles. The maximum absolute atomic E-state index is 12.5. The first-order valence-corrected chi connectivity index (χ1v) is 11.5. The lowest BCUT2D eigenvalue weighted by atomic mass is 9.80. The quantitative estimate of drug-likeness (QED) is 0.751. The number of carbonyl (C=O) groups is 1. The van der Waals surface area contributed by atoms with E-state index in [1.54, 1.807) is 24.3 Å². The number of amides is 1. The second kappa shape index (κ2) is 9.37. The standard InChI is InChI=1S/C21H35N3O3S/c1-17-6-8-19(9-7-17)28(26,27)22-10-11-23-12-14-24(15-13-23)20(25)16-18(2)21(3,4)5/h6-9,18,22H,10-16H2,1-5H3. The number of hydrogen-bond acceptors (Lipinski definition) is 4. The molecule has 1 amide bonds. The van der Waals surface area contributed by atoms with Gasteiger partial charge in [0.05, 0.1) is 4.90 Å². The fraction of sp³-hybridized carbons (Fsp3) is 0.667. The highest BCUT2D eigenvalue weighted by Gasteiger charge is 2.27. The number of piperazine rings is 1. The van der Waals surface area contributed by atoms with E-state index in [9.17, 15) is 13.2 Å². The molecule has 1 aliphatic heterocycles. The van der Waals surface area contributed by atoms with E-state index in [0.29, 0.717) is 43.4 Å². The average molecular weight is 410 g/mol. The Morgan fingerprint density at radius 1 is 1.11 bits per heavy atom. The van der Waals surface area contributed by atoms with Crippen LogP contribution in [0, 0.1) is 18.3 Å². The SMILES string of the molecule is Cc1ccc(S(=O)(=O)NCCN2CCN(C(=O)CC(C)C(C)(C)C)CC2)cc1. The molecule has 0 aromatic heterocycles. The minimum absolute atomic E-state index is 0.131. The molecule has 1 fully saturated rings. The first-order chi connectivity index (χ1) is 13.0. The second-order valence-corrected chi connectivity index (χ2v) is 10.7. The van der Waals surface area contributed by atoms with Gasteiger partial charge in [-0.25, -0.2) is 13.1 Å². The van der Waals surface area contributed by atoms with Gasteiger partial charge in [0.15, 0.2) is 0 Å². The molecule has 1 aromatic carbocycles. The van der Waals surface area contributed by atoms with Gasteiger partial charge in [-0.15, -0.1) is 0 Å². The zero-order chi connectivity index (χ0) is 20.9. The van der Waals surface area contributed by atoms with Crippen molar-refractivity contribution in [3.63, 3.8) is 0 Å². The molecule has 158 valence electrons. The Balaban J connectivity index is 1.74. The third-order valence-corrected chi connectivity index (χ3v) is 7.21. The van der Waals surface area contributed by atoms with Gasteiger partial charge in [-0.2, -0.15) is 0 Å². The number of hydrogen-bond donors (Lipinski definition) is 1. The van der Waals surface area contributed by atoms with Crippen LogP contribution in [0.5, 0.6) is 0 Å². The van der Waals surface area contributed by atoms with Crippen molar-refractivity contribution in [2.75, 3.05) is 39.3 Å². The van der Waals surface area contributed by atoms with Crippen molar-refractivity contribution in [1.29, 1.82) is 0 Å². The Labute approximate surface area is 170 Å². The Bertz CT molecular complexity index is 746. The summed E-state index contributed by atoms with van der Waals surface area (Å²) in [6.07, 6.45) is 0.583. The molecule has 6 nitrogen and oxygen atoms in total. The van der Waals surface area contributed by atoms with Crippen LogP contribution in [0.4, 0.5) is 0 Å². The van der Waals surface area contributed by atoms with Crippen LogP contribution < -0.4 is 4.72 Å². The second-order valence-electron chi connectivity index (χ2n) is 8.90. The molecule has 28 heavy (non-hydrogen) atoms. The van der Waals surface area contributed by atoms with E-state index in [1.807, 2.05) is 11.8 Å². The van der Waals surface area contributed by atoms with Crippen LogP contribution in [0.3, 0.4) is 0 Å². The van der Waals surface area contributed by atoms with Crippen molar-refractivity contribution in [1.82, 2.24) is 14.5 Å². The van der Waals surface area contributed by atoms with Crippen molar-refractivity contribution in [3.8, 4) is 0 Å². The lowest BCUT2D eigenvalue weighted by Gasteiger charge is -2.36. The summed E-state index contributed by atoms with van der Waals surface area (Å²) in [5.74, 6) is 0.566. The molecule has 0 spiro atoms. The Morgan fingerprint density at radius 2 is 1.68 bits per heavy atom. The lowest BCUT2D eigenvalue weighted by molar-refractivity contribution is -0.134. The third kappa shape index (κ3) is 6.57. The number of carbonyl (C=O) groups excluding carboxylic acids is 1. The van der Waals surface area contributed by atoms with Crippen LogP contribution in [0.2, 0.25) is 0 Å². The molecule has 1 atom stereocenters. The minimum atomic E-state index is -3.47. The van der Waals surface area contributed by atoms with Gasteiger partial charge in [-0.05, 0) is 30.4 Å². The lowest BCUT2D eigenvalue weighted by Crippen LogP contribution is -2.50. The molecule has 1 unspecified atom stereocenters. The van der Waals surface area contributed by atoms with Gasteiger partial charge in [-0.3, -0.25) is 9.69 Å². The number of sulfonamides is 1. The maximum atomic E-state index is 12.5. The van der Waals surface area contributed by atoms with Crippen LogP contribution in [0.1, 0.15) is 39.7 Å². The first kappa shape index (κ1) is 22.8. The molecule has 7 heteroatoms. The summed E-state index contributed by atoms with van der Waals surface area (Å²) in [6.45, 7) is 14.6. The Kier molecular flexibility index (Phi) is 7.65. The zero-order valence-electron chi connectivity index (χ0n) is 17.9. The zero-order valence-corrected chi connectivity index (χ0v) is 18.7. The van der Waals surface area contributed by atoms with Crippen LogP contribution >= 0.6 is 0 Å². The number of nitrogens with zero attached hydrogens (tertiary/aromatic N) is 2. The predicted molar refractivity (Wildman–Crippen MR) is 113 cm³/mol. The normalized spacial score (nSPS) is 17.5. The topological polar surface area (TPSA) is 69.7 Å². The van der Waals surface area contributed by atoms with E-state index in [4.69, 9.17) is 0 Å². The summed E-state index contributed by atoms with van der Waals surface area (Å²) in [6, 6.07) is 6.85. The Hall–Kier alpha value is -1.44. The van der Waals surface area contributed by atoms with Crippen LogP contribution in [0.25, 0.3) is 0 Å². The summed E-state index contributed by atoms with van der Waals surface area (Å²) >= 11 is 0. The number of nitrogens with one attached hydrogen (secondary N) is 1. The third-order valence-electron chi connectivity index (χ3n) is 5.74. The maximum Gasteiger partial charge on any atom is 0.240 e. The van der Waals surface area contributed by atoms with Crippen molar-refractivity contribution in [3.05, 3.63) is 29.8 Å². The molecule has 1 aromatic rings. The van der Waals surface area contributed by atoms with Crippen LogP contribution in [-0.2, 0) is 14.8 Å². The molecule has 1 N–H and O–H groups in total. The average Bonchev–Trinajstić information content (AvgIpc) is 2.61. The van der Waals surface area contributed by atoms with E-state index in [-0.39, 0.29) is 11.3 Å². The van der Waals surface area contributed by atoms with Crippen LogP contribution in [-0.4, -0.2) is 63.4 Å². The first-order valence-electron chi connectivity index (χ1n) is 10.1. The van der Waals surface area contributed by atoms with Crippen molar-refractivity contribution < 1.29 is 13.2 Å². The van der Waals surface area contributed by atoms with Crippen molar-refractivity contribution in [2.45, 2.75) is 45.9 Å². The van der Waals surface area contributed by atoms with E-state index in [0.717, 1.165) is 18.7 Å². The fourth-order valence-corrected chi connectivity index (χ4v) is 4.08. The smallest absolute Gasteiger partial charge is 0.240 e. The van der Waals surface area contributed by atoms with Gasteiger partial charge >= 0.3 is 0 Å². The predicted octanol–water partition coefficient (Wildman–Crippen LogP) is 2.49. The van der Waals surface area contributed by atoms with Gasteiger partial charge in [-0.1, -0.05) is 45.4 Å². The fourth-order valence-electron chi connectivity index (χ4n) is 3.06. The van der Waals surface area contributed by atoms with Gasteiger partial charge in [0.2, 0.25) is 15.9 Å². The largest absolute Gasteiger partial charge is 0.340 e. The summed E-state index contributed by atoms with van der Waals surface area (Å²) in [7, 11) is -3.47. The molecule has 0 saturated carbocycles. The number of aryl methyl sites for hydroxylation is 1. The summed E-state index contributed by atoms with van der Waals surface area (Å²) < 4.78 is 27.3. The van der Waals surface area contributed by atoms with Gasteiger partial charge < -0.3 is 4.90 Å². The van der Waals surface area contributed by atoms with Gasteiger partial charge in [0.25, 0.3) is 0 Å². The van der Waals surface area contributed by atoms with Crippen LogP contribution in [0.15, 0.2) is 29.2 Å². The Morgan fingerprint density at radius 3 is 2.21 bits per heavy atom. The summed E-state index contributed by atoms with van der Waals surface area (Å²) in [4.78, 5) is 16.9. The molecule has 0 radical (unpaired) electrons. The summed E-state index contributed by atoms with van der Waals surface area (Å²) in [5, 5.41) is 0. The highest BCUT2D eigenvalue weighted by atomic mass is 32.2. The molecular weight excluding hydrogens is 374 g/mol.